The number of allylic oxidation sites excluding steroid dienone is 6. The van der Waals surface area contributed by atoms with Crippen LogP contribution >= 0.6 is 23.2 Å². The van der Waals surface area contributed by atoms with E-state index < -0.39 is 0 Å². The fourth-order valence-corrected chi connectivity index (χ4v) is 1.55. The molecule has 0 unspecified atom stereocenters. The molecule has 0 spiro atoms. The Morgan fingerprint density at radius 2 is 1.40 bits per heavy atom. The van der Waals surface area contributed by atoms with Gasteiger partial charge in [-0.05, 0) is 12.2 Å². The first kappa shape index (κ1) is 6.20. The van der Waals surface area contributed by atoms with Gasteiger partial charge in [0.25, 0.3) is 0 Å². The first-order valence-corrected chi connectivity index (χ1v) is 3.50. The first-order chi connectivity index (χ1) is 4.72. The molecule has 2 aliphatic carbocycles. The van der Waals surface area contributed by atoms with Gasteiger partial charge >= 0.3 is 0 Å². The molecule has 1 nitrogen and oxygen atoms in total. The van der Waals surface area contributed by atoms with E-state index in [4.69, 9.17) is 23.2 Å². The van der Waals surface area contributed by atoms with Crippen LogP contribution in [-0.4, -0.2) is 5.78 Å². The molecule has 3 heteroatoms. The molecule has 10 heavy (non-hydrogen) atoms. The zero-order valence-electron chi connectivity index (χ0n) is 4.82. The lowest BCUT2D eigenvalue weighted by Gasteiger charge is -1.92. The minimum Gasteiger partial charge on any atom is -0.288 e. The highest BCUT2D eigenvalue weighted by molar-refractivity contribution is 6.50. The van der Waals surface area contributed by atoms with Crippen molar-refractivity contribution < 1.29 is 4.79 Å². The maximum atomic E-state index is 11.0. The Bertz CT molecular complexity index is 290. The molecule has 0 aromatic rings. The molecule has 0 amide bonds. The van der Waals surface area contributed by atoms with Gasteiger partial charge in [-0.2, -0.15) is 0 Å². The SMILES string of the molecule is O=C1C2=C(Cl)C(Cl)=C1C=C2. The van der Waals surface area contributed by atoms with E-state index in [9.17, 15) is 4.79 Å². The number of rotatable bonds is 0. The van der Waals surface area contributed by atoms with E-state index in [-0.39, 0.29) is 5.78 Å². The van der Waals surface area contributed by atoms with Crippen molar-refractivity contribution in [2.45, 2.75) is 0 Å². The average Bonchev–Trinajstić information content (AvgIpc) is 2.34. The molecule has 0 heterocycles. The van der Waals surface area contributed by atoms with Crippen molar-refractivity contribution in [3.05, 3.63) is 33.4 Å². The zero-order chi connectivity index (χ0) is 7.30. The Kier molecular flexibility index (Phi) is 1.08. The van der Waals surface area contributed by atoms with Gasteiger partial charge in [-0.3, -0.25) is 4.79 Å². The van der Waals surface area contributed by atoms with E-state index in [2.05, 4.69) is 0 Å². The third kappa shape index (κ3) is 0.522. The summed E-state index contributed by atoms with van der Waals surface area (Å²) in [4.78, 5) is 11.0. The van der Waals surface area contributed by atoms with Crippen LogP contribution < -0.4 is 0 Å². The van der Waals surface area contributed by atoms with Crippen molar-refractivity contribution in [2.24, 2.45) is 0 Å². The quantitative estimate of drug-likeness (QED) is 0.548. The predicted octanol–water partition coefficient (Wildman–Crippen LogP) is 2.12. The summed E-state index contributed by atoms with van der Waals surface area (Å²) in [6.45, 7) is 0. The highest BCUT2D eigenvalue weighted by atomic mass is 35.5. The second-order valence-electron chi connectivity index (χ2n) is 2.12. The second kappa shape index (κ2) is 1.74. The molecule has 0 fully saturated rings. The molecule has 2 rings (SSSR count). The van der Waals surface area contributed by atoms with Crippen LogP contribution in [0.15, 0.2) is 33.4 Å². The third-order valence-electron chi connectivity index (χ3n) is 1.57. The van der Waals surface area contributed by atoms with E-state index in [1.54, 1.807) is 12.2 Å². The molecule has 0 N–H and O–H groups in total. The predicted molar refractivity (Wildman–Crippen MR) is 39.9 cm³/mol. The monoisotopic (exact) mass is 172 g/mol. The largest absolute Gasteiger partial charge is 0.288 e. The Morgan fingerprint density at radius 1 is 1.00 bits per heavy atom. The summed E-state index contributed by atoms with van der Waals surface area (Å²) in [6.07, 6.45) is 3.37. The summed E-state index contributed by atoms with van der Waals surface area (Å²) in [5.41, 5.74) is 1.06. The fraction of sp³-hybridized carbons (Fsp3) is 0. The second-order valence-corrected chi connectivity index (χ2v) is 2.87. The summed E-state index contributed by atoms with van der Waals surface area (Å²) in [5, 5.41) is 0.785. The van der Waals surface area contributed by atoms with Gasteiger partial charge in [0.2, 0.25) is 0 Å². The fourth-order valence-electron chi connectivity index (χ4n) is 1.05. The van der Waals surface area contributed by atoms with Crippen LogP contribution in [0.25, 0.3) is 0 Å². The lowest BCUT2D eigenvalue weighted by molar-refractivity contribution is -0.111. The van der Waals surface area contributed by atoms with E-state index >= 15 is 0 Å². The lowest BCUT2D eigenvalue weighted by atomic mass is 10.2. The Morgan fingerprint density at radius 3 is 1.60 bits per heavy atom. The molecular weight excluding hydrogens is 171 g/mol. The van der Waals surface area contributed by atoms with Crippen molar-refractivity contribution in [3.63, 3.8) is 0 Å². The maximum Gasteiger partial charge on any atom is 0.196 e. The molecule has 2 bridgehead atoms. The molecule has 0 aromatic heterocycles. The molecule has 0 saturated heterocycles. The number of carbonyl (C=O) groups is 1. The van der Waals surface area contributed by atoms with Gasteiger partial charge in [-0.15, -0.1) is 0 Å². The van der Waals surface area contributed by atoms with E-state index in [1.807, 2.05) is 0 Å². The summed E-state index contributed by atoms with van der Waals surface area (Å²) >= 11 is 11.3. The van der Waals surface area contributed by atoms with Crippen molar-refractivity contribution >= 4 is 29.0 Å². The Hall–Kier alpha value is -0.530. The van der Waals surface area contributed by atoms with Crippen molar-refractivity contribution in [1.29, 1.82) is 0 Å². The molecule has 0 saturated carbocycles. The van der Waals surface area contributed by atoms with Crippen LogP contribution in [0.1, 0.15) is 0 Å². The van der Waals surface area contributed by atoms with Crippen LogP contribution in [0.3, 0.4) is 0 Å². The molecule has 2 aliphatic rings. The summed E-state index contributed by atoms with van der Waals surface area (Å²) < 4.78 is 0. The van der Waals surface area contributed by atoms with Gasteiger partial charge in [0.15, 0.2) is 5.78 Å². The van der Waals surface area contributed by atoms with E-state index in [1.165, 1.54) is 0 Å². The van der Waals surface area contributed by atoms with Gasteiger partial charge in [0.05, 0.1) is 10.1 Å². The van der Waals surface area contributed by atoms with Gasteiger partial charge < -0.3 is 0 Å². The molecule has 0 aliphatic heterocycles. The number of fused-ring (bicyclic) bond motifs is 2. The molecule has 0 radical (unpaired) electrons. The summed E-state index contributed by atoms with van der Waals surface area (Å²) in [6, 6.07) is 0. The molecule has 0 aromatic carbocycles. The third-order valence-corrected chi connectivity index (χ3v) is 2.45. The van der Waals surface area contributed by atoms with Crippen LogP contribution in [0, 0.1) is 0 Å². The van der Waals surface area contributed by atoms with Crippen LogP contribution in [0.2, 0.25) is 0 Å². The van der Waals surface area contributed by atoms with Crippen molar-refractivity contribution in [3.8, 4) is 0 Å². The maximum absolute atomic E-state index is 11.0. The van der Waals surface area contributed by atoms with Gasteiger partial charge in [-0.1, -0.05) is 23.2 Å². The zero-order valence-corrected chi connectivity index (χ0v) is 6.33. The Labute approximate surface area is 67.6 Å². The average molecular weight is 173 g/mol. The smallest absolute Gasteiger partial charge is 0.196 e. The highest BCUT2D eigenvalue weighted by Gasteiger charge is 2.31. The first-order valence-electron chi connectivity index (χ1n) is 2.74. The van der Waals surface area contributed by atoms with Gasteiger partial charge in [-0.25, -0.2) is 0 Å². The van der Waals surface area contributed by atoms with Gasteiger partial charge in [0, 0.05) is 11.1 Å². The van der Waals surface area contributed by atoms with Crippen molar-refractivity contribution in [2.75, 3.05) is 0 Å². The Balaban J connectivity index is 2.77. The number of carbonyl (C=O) groups excluding carboxylic acids is 1. The van der Waals surface area contributed by atoms with Crippen molar-refractivity contribution in [1.82, 2.24) is 0 Å². The highest BCUT2D eigenvalue weighted by Crippen LogP contribution is 2.40. The normalized spacial score (nSPS) is 22.0. The van der Waals surface area contributed by atoms with E-state index in [0.717, 1.165) is 0 Å². The molecule has 0 atom stereocenters. The standard InChI is InChI=1S/C7H2Cl2O/c8-5-3-1-2-4(6(5)9)7(3)10/h1-2H. The number of Topliss-reactive ketones (excluding diaryl/α,β-unsaturated/α-hetero) is 1. The number of ketones is 1. The van der Waals surface area contributed by atoms with Gasteiger partial charge in [0.1, 0.15) is 0 Å². The lowest BCUT2D eigenvalue weighted by Crippen LogP contribution is -1.90. The van der Waals surface area contributed by atoms with Crippen LogP contribution in [0.5, 0.6) is 0 Å². The summed E-state index contributed by atoms with van der Waals surface area (Å²) in [7, 11) is 0. The van der Waals surface area contributed by atoms with E-state index in [0.29, 0.717) is 21.2 Å². The minimum absolute atomic E-state index is 0.0463. The number of hydrogen-bond acceptors (Lipinski definition) is 1. The number of hydrogen-bond donors (Lipinski definition) is 0. The molecule has 50 valence electrons. The minimum atomic E-state index is -0.0463. The number of halogens is 2. The summed E-state index contributed by atoms with van der Waals surface area (Å²) in [5.74, 6) is -0.0463. The topological polar surface area (TPSA) is 17.1 Å². The van der Waals surface area contributed by atoms with Crippen LogP contribution in [0.4, 0.5) is 0 Å². The van der Waals surface area contributed by atoms with Crippen LogP contribution in [-0.2, 0) is 4.79 Å². The molecular formula is C7H2Cl2O.